The molecule has 0 bridgehead atoms. The molecule has 1 fully saturated rings. The second-order valence-corrected chi connectivity index (χ2v) is 5.36. The molecular formula is C14H17Cl. The molecule has 0 N–H and O–H groups in total. The molecule has 2 aliphatic carbocycles. The zero-order valence-electron chi connectivity index (χ0n) is 9.01. The maximum atomic E-state index is 6.30. The van der Waals surface area contributed by atoms with E-state index in [1.165, 1.54) is 32.1 Å². The zero-order chi connectivity index (χ0) is 10.3. The summed E-state index contributed by atoms with van der Waals surface area (Å²) in [4.78, 5) is 0. The van der Waals surface area contributed by atoms with Crippen molar-refractivity contribution in [2.45, 2.75) is 37.5 Å². The number of fused-ring (bicyclic) bond motifs is 3. The van der Waals surface area contributed by atoms with E-state index in [0.717, 1.165) is 11.8 Å². The van der Waals surface area contributed by atoms with Crippen molar-refractivity contribution in [3.05, 3.63) is 35.4 Å². The lowest BCUT2D eigenvalue weighted by Crippen LogP contribution is -2.36. The van der Waals surface area contributed by atoms with E-state index in [1.807, 2.05) is 0 Å². The number of hydrogen-bond donors (Lipinski definition) is 0. The Balaban J connectivity index is 2.11. The van der Waals surface area contributed by atoms with E-state index in [1.54, 1.807) is 11.1 Å². The molecule has 0 saturated heterocycles. The molecule has 0 unspecified atom stereocenters. The van der Waals surface area contributed by atoms with E-state index >= 15 is 0 Å². The van der Waals surface area contributed by atoms with Crippen molar-refractivity contribution in [3.8, 4) is 0 Å². The Bertz CT molecular complexity index is 371. The molecule has 0 heterocycles. The molecular weight excluding hydrogens is 204 g/mol. The highest BCUT2D eigenvalue weighted by molar-refractivity contribution is 6.18. The largest absolute Gasteiger partial charge is 0.126 e. The van der Waals surface area contributed by atoms with Crippen molar-refractivity contribution in [1.82, 2.24) is 0 Å². The van der Waals surface area contributed by atoms with E-state index in [-0.39, 0.29) is 0 Å². The first-order chi connectivity index (χ1) is 7.37. The highest BCUT2D eigenvalue weighted by Gasteiger charge is 2.46. The van der Waals surface area contributed by atoms with Gasteiger partial charge in [0.2, 0.25) is 0 Å². The molecule has 2 aliphatic rings. The third-order valence-electron chi connectivity index (χ3n) is 4.47. The van der Waals surface area contributed by atoms with Crippen molar-refractivity contribution in [2.24, 2.45) is 5.92 Å². The molecule has 1 aromatic carbocycles. The zero-order valence-corrected chi connectivity index (χ0v) is 9.76. The van der Waals surface area contributed by atoms with Crippen LogP contribution in [0.25, 0.3) is 0 Å². The van der Waals surface area contributed by atoms with Crippen molar-refractivity contribution >= 4 is 11.6 Å². The molecule has 80 valence electrons. The lowest BCUT2D eigenvalue weighted by molar-refractivity contribution is 0.229. The molecule has 0 nitrogen and oxygen atoms in total. The summed E-state index contributed by atoms with van der Waals surface area (Å²) in [6, 6.07) is 8.94. The summed E-state index contributed by atoms with van der Waals surface area (Å²) in [5, 5.41) is 0. The minimum absolute atomic E-state index is 0.330. The van der Waals surface area contributed by atoms with Crippen LogP contribution >= 0.6 is 11.6 Å². The van der Waals surface area contributed by atoms with E-state index in [9.17, 15) is 0 Å². The third kappa shape index (κ3) is 1.27. The fraction of sp³-hybridized carbons (Fsp3) is 0.571. The van der Waals surface area contributed by atoms with Gasteiger partial charge >= 0.3 is 0 Å². The quantitative estimate of drug-likeness (QED) is 0.630. The molecule has 0 amide bonds. The molecule has 15 heavy (non-hydrogen) atoms. The first kappa shape index (κ1) is 9.72. The second-order valence-electron chi connectivity index (χ2n) is 5.09. The Morgan fingerprint density at radius 3 is 3.00 bits per heavy atom. The van der Waals surface area contributed by atoms with Crippen LogP contribution in [0.5, 0.6) is 0 Å². The average Bonchev–Trinajstić information content (AvgIpc) is 2.64. The topological polar surface area (TPSA) is 0 Å². The highest BCUT2D eigenvalue weighted by atomic mass is 35.5. The lowest BCUT2D eigenvalue weighted by Gasteiger charge is -2.38. The van der Waals surface area contributed by atoms with Crippen LogP contribution in [0.2, 0.25) is 0 Å². The van der Waals surface area contributed by atoms with Crippen LogP contribution in [0, 0.1) is 5.92 Å². The van der Waals surface area contributed by atoms with Gasteiger partial charge in [0.15, 0.2) is 0 Å². The summed E-state index contributed by atoms with van der Waals surface area (Å²) < 4.78 is 0. The van der Waals surface area contributed by atoms with Crippen LogP contribution in [0.1, 0.15) is 36.8 Å². The van der Waals surface area contributed by atoms with Crippen LogP contribution in [0.3, 0.4) is 0 Å². The number of rotatable bonds is 1. The molecule has 0 radical (unpaired) electrons. The summed E-state index contributed by atoms with van der Waals surface area (Å²) in [5.74, 6) is 1.63. The minimum Gasteiger partial charge on any atom is -0.126 e. The molecule has 0 aromatic heterocycles. The van der Waals surface area contributed by atoms with E-state index in [2.05, 4.69) is 24.3 Å². The Kier molecular flexibility index (Phi) is 2.28. The lowest BCUT2D eigenvalue weighted by atomic mass is 9.67. The van der Waals surface area contributed by atoms with Crippen LogP contribution in [-0.2, 0) is 11.8 Å². The smallest absolute Gasteiger partial charge is 0.0323 e. The second kappa shape index (κ2) is 3.52. The average molecular weight is 221 g/mol. The summed E-state index contributed by atoms with van der Waals surface area (Å²) in [6.45, 7) is 0. The molecule has 2 atom stereocenters. The predicted molar refractivity (Wildman–Crippen MR) is 64.5 cm³/mol. The van der Waals surface area contributed by atoms with Crippen molar-refractivity contribution in [2.75, 3.05) is 5.88 Å². The first-order valence-corrected chi connectivity index (χ1v) is 6.54. The third-order valence-corrected chi connectivity index (χ3v) is 4.94. The summed E-state index contributed by atoms with van der Waals surface area (Å²) >= 11 is 6.30. The minimum atomic E-state index is 0.330. The normalized spacial score (nSPS) is 33.5. The number of benzene rings is 1. The van der Waals surface area contributed by atoms with Crippen LogP contribution in [-0.4, -0.2) is 5.88 Å². The number of alkyl halides is 1. The molecule has 1 saturated carbocycles. The number of hydrogen-bond acceptors (Lipinski definition) is 0. The Hall–Kier alpha value is -0.490. The SMILES string of the molecule is ClC[C@@]12CCCC[C@@H]1Cc1ccccc12. The van der Waals surface area contributed by atoms with Gasteiger partial charge in [-0.05, 0) is 36.3 Å². The highest BCUT2D eigenvalue weighted by Crippen LogP contribution is 2.51. The van der Waals surface area contributed by atoms with Gasteiger partial charge in [0, 0.05) is 11.3 Å². The van der Waals surface area contributed by atoms with Gasteiger partial charge in [-0.25, -0.2) is 0 Å². The molecule has 1 aromatic rings. The van der Waals surface area contributed by atoms with Gasteiger partial charge in [0.05, 0.1) is 0 Å². The van der Waals surface area contributed by atoms with Gasteiger partial charge in [0.1, 0.15) is 0 Å². The van der Waals surface area contributed by atoms with Crippen LogP contribution in [0.4, 0.5) is 0 Å². The monoisotopic (exact) mass is 220 g/mol. The van der Waals surface area contributed by atoms with Crippen molar-refractivity contribution in [3.63, 3.8) is 0 Å². The fourth-order valence-electron chi connectivity index (χ4n) is 3.66. The maximum Gasteiger partial charge on any atom is 0.0323 e. The van der Waals surface area contributed by atoms with Gasteiger partial charge < -0.3 is 0 Å². The molecule has 1 heteroatoms. The summed E-state index contributed by atoms with van der Waals surface area (Å²) in [7, 11) is 0. The van der Waals surface area contributed by atoms with Crippen LogP contribution in [0.15, 0.2) is 24.3 Å². The maximum absolute atomic E-state index is 6.30. The van der Waals surface area contributed by atoms with Gasteiger partial charge in [0.25, 0.3) is 0 Å². The molecule has 0 spiro atoms. The molecule has 3 rings (SSSR count). The summed E-state index contributed by atoms with van der Waals surface area (Å²) in [6.07, 6.45) is 6.71. The Morgan fingerprint density at radius 1 is 1.27 bits per heavy atom. The first-order valence-electron chi connectivity index (χ1n) is 6.01. The molecule has 0 aliphatic heterocycles. The van der Waals surface area contributed by atoms with Crippen molar-refractivity contribution < 1.29 is 0 Å². The summed E-state index contributed by atoms with van der Waals surface area (Å²) in [5.41, 5.74) is 3.45. The van der Waals surface area contributed by atoms with Gasteiger partial charge in [-0.15, -0.1) is 11.6 Å². The Labute approximate surface area is 96.6 Å². The number of halogens is 1. The van der Waals surface area contributed by atoms with E-state index in [4.69, 9.17) is 11.6 Å². The van der Waals surface area contributed by atoms with Gasteiger partial charge in [-0.2, -0.15) is 0 Å². The van der Waals surface area contributed by atoms with Crippen LogP contribution < -0.4 is 0 Å². The predicted octanol–water partition coefficient (Wildman–Crippen LogP) is 3.91. The van der Waals surface area contributed by atoms with Gasteiger partial charge in [-0.3, -0.25) is 0 Å². The van der Waals surface area contributed by atoms with Crippen molar-refractivity contribution in [1.29, 1.82) is 0 Å². The van der Waals surface area contributed by atoms with Gasteiger partial charge in [-0.1, -0.05) is 37.1 Å². The fourth-order valence-corrected chi connectivity index (χ4v) is 4.16. The van der Waals surface area contributed by atoms with E-state index < -0.39 is 0 Å². The Morgan fingerprint density at radius 2 is 2.13 bits per heavy atom. The standard InChI is InChI=1S/C14H17Cl/c15-10-14-8-4-3-6-12(14)9-11-5-1-2-7-13(11)14/h1-2,5,7,12H,3-4,6,8-10H2/t12-,14+/m1/s1. The van der Waals surface area contributed by atoms with E-state index in [0.29, 0.717) is 5.41 Å².